The van der Waals surface area contributed by atoms with Gasteiger partial charge in [0.25, 0.3) is 0 Å². The van der Waals surface area contributed by atoms with E-state index in [1.807, 2.05) is 0 Å². The van der Waals surface area contributed by atoms with E-state index in [0.717, 1.165) is 0 Å². The van der Waals surface area contributed by atoms with Crippen LogP contribution in [0.5, 0.6) is 0 Å². The minimum atomic E-state index is 1.21. The lowest BCUT2D eigenvalue weighted by molar-refractivity contribution is 1.18. The smallest absolute Gasteiger partial charge is 0.0541 e. The van der Waals surface area contributed by atoms with Crippen molar-refractivity contribution in [2.45, 2.75) is 6.92 Å². The zero-order chi connectivity index (χ0) is 15.5. The third-order valence-corrected chi connectivity index (χ3v) is 3.84. The van der Waals surface area contributed by atoms with Crippen LogP contribution in [0, 0.1) is 6.92 Å². The molecule has 0 aliphatic rings. The molecule has 0 bridgehead atoms. The molecular formula is C21H19N. The Morgan fingerprint density at radius 1 is 0.682 bits per heavy atom. The highest BCUT2D eigenvalue weighted by Gasteiger charge is 2.11. The summed E-state index contributed by atoms with van der Waals surface area (Å²) in [5.74, 6) is 0. The molecule has 4 aromatic rings. The Hall–Kier alpha value is -2.80. The lowest BCUT2D eigenvalue weighted by Gasteiger charge is -2.07. The molecule has 3 aromatic carbocycles. The molecule has 0 aliphatic carbocycles. The SMILES string of the molecule is C=C.Cc1ccc2c(c1)c1ccccc1n2-c1ccccc1. The van der Waals surface area contributed by atoms with Crippen LogP contribution in [-0.2, 0) is 0 Å². The summed E-state index contributed by atoms with van der Waals surface area (Å²) < 4.78 is 2.34. The maximum atomic E-state index is 3.00. The summed E-state index contributed by atoms with van der Waals surface area (Å²) >= 11 is 0. The molecule has 0 aliphatic heterocycles. The topological polar surface area (TPSA) is 4.93 Å². The van der Waals surface area contributed by atoms with Crippen molar-refractivity contribution in [3.63, 3.8) is 0 Å². The Kier molecular flexibility index (Phi) is 3.80. The van der Waals surface area contributed by atoms with E-state index in [2.05, 4.69) is 97.4 Å². The van der Waals surface area contributed by atoms with Crippen LogP contribution in [0.3, 0.4) is 0 Å². The minimum Gasteiger partial charge on any atom is -0.309 e. The summed E-state index contributed by atoms with van der Waals surface area (Å²) in [4.78, 5) is 0. The molecule has 0 amide bonds. The van der Waals surface area contributed by atoms with Crippen LogP contribution in [0.1, 0.15) is 5.56 Å². The molecule has 0 saturated carbocycles. The van der Waals surface area contributed by atoms with Crippen molar-refractivity contribution in [1.29, 1.82) is 0 Å². The van der Waals surface area contributed by atoms with Gasteiger partial charge in [-0.1, -0.05) is 48.0 Å². The van der Waals surface area contributed by atoms with Gasteiger partial charge in [0.15, 0.2) is 0 Å². The van der Waals surface area contributed by atoms with Crippen molar-refractivity contribution in [2.75, 3.05) is 0 Å². The Morgan fingerprint density at radius 2 is 1.32 bits per heavy atom. The predicted molar refractivity (Wildman–Crippen MR) is 96.8 cm³/mol. The van der Waals surface area contributed by atoms with Crippen molar-refractivity contribution in [1.82, 2.24) is 4.57 Å². The highest BCUT2D eigenvalue weighted by molar-refractivity contribution is 6.09. The van der Waals surface area contributed by atoms with E-state index < -0.39 is 0 Å². The van der Waals surface area contributed by atoms with Crippen LogP contribution in [0.2, 0.25) is 0 Å². The second-order valence-corrected chi connectivity index (χ2v) is 5.21. The Morgan fingerprint density at radius 3 is 2.09 bits per heavy atom. The van der Waals surface area contributed by atoms with Gasteiger partial charge in [-0.25, -0.2) is 0 Å². The lowest BCUT2D eigenvalue weighted by Crippen LogP contribution is -1.92. The first-order chi connectivity index (χ1) is 10.8. The van der Waals surface area contributed by atoms with Crippen molar-refractivity contribution in [3.05, 3.63) is 91.5 Å². The maximum Gasteiger partial charge on any atom is 0.0541 e. The molecule has 4 rings (SSSR count). The molecule has 0 saturated heterocycles. The summed E-state index contributed by atoms with van der Waals surface area (Å²) in [6.07, 6.45) is 0. The maximum absolute atomic E-state index is 3.00. The van der Waals surface area contributed by atoms with E-state index in [9.17, 15) is 0 Å². The zero-order valence-corrected chi connectivity index (χ0v) is 12.8. The molecule has 0 fully saturated rings. The van der Waals surface area contributed by atoms with Gasteiger partial charge in [0.05, 0.1) is 11.0 Å². The second kappa shape index (κ2) is 5.90. The first-order valence-electron chi connectivity index (χ1n) is 7.40. The average Bonchev–Trinajstić information content (AvgIpc) is 2.91. The Balaban J connectivity index is 0.000000693. The highest BCUT2D eigenvalue weighted by Crippen LogP contribution is 2.32. The van der Waals surface area contributed by atoms with Crippen molar-refractivity contribution in [2.24, 2.45) is 0 Å². The van der Waals surface area contributed by atoms with Gasteiger partial charge in [0, 0.05) is 16.5 Å². The average molecular weight is 285 g/mol. The van der Waals surface area contributed by atoms with Gasteiger partial charge in [-0.3, -0.25) is 0 Å². The van der Waals surface area contributed by atoms with E-state index in [1.165, 1.54) is 33.1 Å². The molecule has 22 heavy (non-hydrogen) atoms. The molecular weight excluding hydrogens is 266 g/mol. The van der Waals surface area contributed by atoms with Gasteiger partial charge in [0.2, 0.25) is 0 Å². The summed E-state index contributed by atoms with van der Waals surface area (Å²) in [7, 11) is 0. The summed E-state index contributed by atoms with van der Waals surface area (Å²) in [5, 5.41) is 2.64. The molecule has 0 atom stereocenters. The van der Waals surface area contributed by atoms with Crippen LogP contribution in [0.4, 0.5) is 0 Å². The van der Waals surface area contributed by atoms with Crippen LogP contribution < -0.4 is 0 Å². The fraction of sp³-hybridized carbons (Fsp3) is 0.0476. The highest BCUT2D eigenvalue weighted by atomic mass is 15.0. The lowest BCUT2D eigenvalue weighted by atomic mass is 10.1. The van der Waals surface area contributed by atoms with Crippen molar-refractivity contribution < 1.29 is 0 Å². The molecule has 0 unspecified atom stereocenters. The third-order valence-electron chi connectivity index (χ3n) is 3.84. The fourth-order valence-corrected chi connectivity index (χ4v) is 2.94. The number of hydrogen-bond acceptors (Lipinski definition) is 0. The molecule has 1 heteroatoms. The number of aromatic nitrogens is 1. The Labute approximate surface area is 131 Å². The van der Waals surface area contributed by atoms with Crippen LogP contribution >= 0.6 is 0 Å². The third kappa shape index (κ3) is 2.21. The number of hydrogen-bond donors (Lipinski definition) is 0. The predicted octanol–water partition coefficient (Wildman–Crippen LogP) is 5.89. The molecule has 1 aromatic heterocycles. The van der Waals surface area contributed by atoms with E-state index in [-0.39, 0.29) is 0 Å². The Bertz CT molecular complexity index is 917. The zero-order valence-electron chi connectivity index (χ0n) is 12.8. The van der Waals surface area contributed by atoms with Crippen LogP contribution in [0.25, 0.3) is 27.5 Å². The molecule has 1 heterocycles. The second-order valence-electron chi connectivity index (χ2n) is 5.21. The van der Waals surface area contributed by atoms with Gasteiger partial charge < -0.3 is 4.57 Å². The normalized spacial score (nSPS) is 10.4. The molecule has 0 N–H and O–H groups in total. The van der Waals surface area contributed by atoms with E-state index in [4.69, 9.17) is 0 Å². The molecule has 0 spiro atoms. The van der Waals surface area contributed by atoms with E-state index in [1.54, 1.807) is 0 Å². The number of aryl methyl sites for hydroxylation is 1. The quantitative estimate of drug-likeness (QED) is 0.384. The summed E-state index contributed by atoms with van der Waals surface area (Å²) in [6, 6.07) is 25.8. The minimum absolute atomic E-state index is 1.21. The number of rotatable bonds is 1. The van der Waals surface area contributed by atoms with E-state index in [0.29, 0.717) is 0 Å². The number of fused-ring (bicyclic) bond motifs is 3. The summed E-state index contributed by atoms with van der Waals surface area (Å²) in [5.41, 5.74) is 5.04. The van der Waals surface area contributed by atoms with Crippen molar-refractivity contribution >= 4 is 21.8 Å². The molecule has 108 valence electrons. The van der Waals surface area contributed by atoms with Gasteiger partial charge in [-0.05, 0) is 37.3 Å². The standard InChI is InChI=1S/C19H15N.C2H4/c1-14-11-12-19-17(13-14)16-9-5-6-10-18(16)20(19)15-7-3-2-4-8-15;1-2/h2-13H,1H3;1-2H2. The monoisotopic (exact) mass is 285 g/mol. The van der Waals surface area contributed by atoms with Crippen molar-refractivity contribution in [3.8, 4) is 5.69 Å². The van der Waals surface area contributed by atoms with Gasteiger partial charge in [0.1, 0.15) is 0 Å². The number of benzene rings is 3. The van der Waals surface area contributed by atoms with Gasteiger partial charge in [-0.2, -0.15) is 0 Å². The van der Waals surface area contributed by atoms with E-state index >= 15 is 0 Å². The van der Waals surface area contributed by atoms with Crippen LogP contribution in [0.15, 0.2) is 86.0 Å². The largest absolute Gasteiger partial charge is 0.309 e. The first-order valence-corrected chi connectivity index (χ1v) is 7.40. The molecule has 0 radical (unpaired) electrons. The number of nitrogens with zero attached hydrogens (tertiary/aromatic N) is 1. The van der Waals surface area contributed by atoms with Gasteiger partial charge >= 0.3 is 0 Å². The fourth-order valence-electron chi connectivity index (χ4n) is 2.94. The number of para-hydroxylation sites is 2. The first kappa shape index (κ1) is 14.2. The molecule has 1 nitrogen and oxygen atoms in total. The van der Waals surface area contributed by atoms with Gasteiger partial charge in [-0.15, -0.1) is 13.2 Å². The van der Waals surface area contributed by atoms with Crippen LogP contribution in [-0.4, -0.2) is 4.57 Å². The summed E-state index contributed by atoms with van der Waals surface area (Å²) in [6.45, 7) is 8.15.